The van der Waals surface area contributed by atoms with E-state index in [1.54, 1.807) is 54.6 Å². The number of aromatic nitrogens is 2. The van der Waals surface area contributed by atoms with Crippen molar-refractivity contribution in [2.45, 2.75) is 0 Å². The fraction of sp³-hybridized carbons (Fsp3) is 0.0571. The molecule has 0 saturated heterocycles. The number of hydrogen-bond donors (Lipinski definition) is 3. The molecule has 0 aliphatic carbocycles. The molecule has 4 aromatic carbocycles. The monoisotopic (exact) mass is 567 g/mol. The van der Waals surface area contributed by atoms with Crippen molar-refractivity contribution in [3.63, 3.8) is 0 Å². The maximum Gasteiger partial charge on any atom is 0.255 e. The van der Waals surface area contributed by atoms with Gasteiger partial charge in [-0.3, -0.25) is 14.4 Å². The normalized spacial score (nSPS) is 10.8. The van der Waals surface area contributed by atoms with E-state index >= 15 is 0 Å². The predicted molar refractivity (Wildman–Crippen MR) is 167 cm³/mol. The Morgan fingerprint density at radius 3 is 1.40 bits per heavy atom. The summed E-state index contributed by atoms with van der Waals surface area (Å²) in [5.74, 6) is -0.790. The Kier molecular flexibility index (Phi) is 7.32. The van der Waals surface area contributed by atoms with Gasteiger partial charge in [0.15, 0.2) is 12.4 Å². The van der Waals surface area contributed by atoms with Crippen LogP contribution in [-0.2, 0) is 14.1 Å². The van der Waals surface area contributed by atoms with Crippen LogP contribution in [0, 0.1) is 0 Å². The second-order valence-electron chi connectivity index (χ2n) is 10.3. The molecular formula is C35H29N5O3+2. The van der Waals surface area contributed by atoms with E-state index in [4.69, 9.17) is 0 Å². The third kappa shape index (κ3) is 5.94. The lowest BCUT2D eigenvalue weighted by molar-refractivity contribution is -0.645. The predicted octanol–water partition coefficient (Wildman–Crippen LogP) is 5.40. The molecule has 0 spiro atoms. The first kappa shape index (κ1) is 27.3. The van der Waals surface area contributed by atoms with Gasteiger partial charge in [-0.15, -0.1) is 0 Å². The first-order chi connectivity index (χ1) is 20.8. The number of aryl methyl sites for hydroxylation is 2. The van der Waals surface area contributed by atoms with E-state index in [0.29, 0.717) is 33.8 Å². The number of anilines is 3. The summed E-state index contributed by atoms with van der Waals surface area (Å²) in [5, 5.41) is 10.7. The van der Waals surface area contributed by atoms with Crippen LogP contribution in [0.25, 0.3) is 21.8 Å². The van der Waals surface area contributed by atoms with Crippen LogP contribution < -0.4 is 25.1 Å². The lowest BCUT2D eigenvalue weighted by atomic mass is 10.1. The van der Waals surface area contributed by atoms with Crippen molar-refractivity contribution in [2.75, 3.05) is 16.0 Å². The molecule has 43 heavy (non-hydrogen) atoms. The molecule has 0 unspecified atom stereocenters. The molecule has 8 heteroatoms. The first-order valence-electron chi connectivity index (χ1n) is 13.7. The molecule has 6 aromatic rings. The summed E-state index contributed by atoms with van der Waals surface area (Å²) in [6, 6.07) is 32.6. The Bertz CT molecular complexity index is 2020. The van der Waals surface area contributed by atoms with Crippen LogP contribution >= 0.6 is 0 Å². The van der Waals surface area contributed by atoms with Gasteiger partial charge in [0.05, 0.1) is 0 Å². The van der Waals surface area contributed by atoms with Gasteiger partial charge in [0.1, 0.15) is 14.1 Å². The van der Waals surface area contributed by atoms with E-state index in [2.05, 4.69) is 16.0 Å². The average molecular weight is 568 g/mol. The molecule has 6 rings (SSSR count). The molecule has 0 bridgehead atoms. The van der Waals surface area contributed by atoms with Gasteiger partial charge < -0.3 is 16.0 Å². The van der Waals surface area contributed by atoms with E-state index in [1.165, 1.54) is 0 Å². The molecule has 0 fully saturated rings. The third-order valence-electron chi connectivity index (χ3n) is 7.32. The Balaban J connectivity index is 1.06. The van der Waals surface area contributed by atoms with Crippen molar-refractivity contribution in [2.24, 2.45) is 14.1 Å². The molecule has 3 N–H and O–H groups in total. The van der Waals surface area contributed by atoms with E-state index in [-0.39, 0.29) is 17.7 Å². The maximum atomic E-state index is 12.8. The topological polar surface area (TPSA) is 95.1 Å². The minimum atomic E-state index is -0.310. The summed E-state index contributed by atoms with van der Waals surface area (Å²) in [4.78, 5) is 38.5. The summed E-state index contributed by atoms with van der Waals surface area (Å²) in [6.07, 6.45) is 3.94. The molecule has 8 nitrogen and oxygen atoms in total. The van der Waals surface area contributed by atoms with Gasteiger partial charge >= 0.3 is 0 Å². The first-order valence-corrected chi connectivity index (χ1v) is 13.7. The Hall–Kier alpha value is -5.89. The van der Waals surface area contributed by atoms with Crippen LogP contribution in [0.3, 0.4) is 0 Å². The molecule has 2 aromatic heterocycles. The number of rotatable bonds is 6. The van der Waals surface area contributed by atoms with Gasteiger partial charge in [0.25, 0.3) is 17.7 Å². The smallest absolute Gasteiger partial charge is 0.255 e. The molecule has 0 saturated carbocycles. The van der Waals surface area contributed by atoms with Gasteiger partial charge in [0.2, 0.25) is 11.0 Å². The largest absolute Gasteiger partial charge is 0.322 e. The van der Waals surface area contributed by atoms with E-state index in [1.807, 2.05) is 90.2 Å². The number of benzene rings is 4. The number of nitrogens with zero attached hydrogens (tertiary/aromatic N) is 2. The zero-order chi connectivity index (χ0) is 29.9. The van der Waals surface area contributed by atoms with Crippen molar-refractivity contribution in [3.05, 3.63) is 138 Å². The van der Waals surface area contributed by atoms with Gasteiger partial charge in [0, 0.05) is 68.8 Å². The SMILES string of the molecule is C[n+]1cccc2cc(NC(=O)c3ccc(C(=O)Nc4ccc(NC(=O)c5ccc6c(ccc[n+]6C)c5)cc4)cc3)ccc21. The van der Waals surface area contributed by atoms with Crippen molar-refractivity contribution in [1.82, 2.24) is 0 Å². The van der Waals surface area contributed by atoms with Gasteiger partial charge in [-0.25, -0.2) is 9.13 Å². The maximum absolute atomic E-state index is 12.8. The molecule has 3 amide bonds. The molecular weight excluding hydrogens is 538 g/mol. The van der Waals surface area contributed by atoms with Crippen molar-refractivity contribution < 1.29 is 23.5 Å². The third-order valence-corrected chi connectivity index (χ3v) is 7.32. The van der Waals surface area contributed by atoms with Crippen LogP contribution in [0.4, 0.5) is 17.1 Å². The fourth-order valence-electron chi connectivity index (χ4n) is 4.97. The lowest BCUT2D eigenvalue weighted by Gasteiger charge is -2.09. The zero-order valence-electron chi connectivity index (χ0n) is 23.7. The molecule has 0 radical (unpaired) electrons. The van der Waals surface area contributed by atoms with Crippen LogP contribution in [-0.4, -0.2) is 17.7 Å². The second kappa shape index (κ2) is 11.5. The zero-order valence-corrected chi connectivity index (χ0v) is 23.7. The minimum absolute atomic E-state index is 0.218. The van der Waals surface area contributed by atoms with Crippen LogP contribution in [0.2, 0.25) is 0 Å². The number of pyridine rings is 2. The number of carbonyl (C=O) groups is 3. The highest BCUT2D eigenvalue weighted by atomic mass is 16.2. The molecule has 2 heterocycles. The summed E-state index contributed by atoms with van der Waals surface area (Å²) in [7, 11) is 3.94. The van der Waals surface area contributed by atoms with Crippen molar-refractivity contribution >= 4 is 56.6 Å². The van der Waals surface area contributed by atoms with E-state index in [0.717, 1.165) is 21.8 Å². The van der Waals surface area contributed by atoms with Gasteiger partial charge in [-0.05, 0) is 84.9 Å². The molecule has 0 aliphatic rings. The summed E-state index contributed by atoms with van der Waals surface area (Å²) in [5.41, 5.74) is 5.38. The van der Waals surface area contributed by atoms with Crippen LogP contribution in [0.1, 0.15) is 31.1 Å². The lowest BCUT2D eigenvalue weighted by Crippen LogP contribution is -2.27. The number of amides is 3. The van der Waals surface area contributed by atoms with E-state index in [9.17, 15) is 14.4 Å². The summed E-state index contributed by atoms with van der Waals surface area (Å²) < 4.78 is 4.02. The average Bonchev–Trinajstić information content (AvgIpc) is 3.02. The second-order valence-corrected chi connectivity index (χ2v) is 10.3. The van der Waals surface area contributed by atoms with Crippen LogP contribution in [0.5, 0.6) is 0 Å². The molecule has 0 aliphatic heterocycles. The number of hydrogen-bond acceptors (Lipinski definition) is 3. The fourth-order valence-corrected chi connectivity index (χ4v) is 4.97. The number of fused-ring (bicyclic) bond motifs is 2. The van der Waals surface area contributed by atoms with Gasteiger partial charge in [-0.1, -0.05) is 0 Å². The van der Waals surface area contributed by atoms with Crippen molar-refractivity contribution in [1.29, 1.82) is 0 Å². The summed E-state index contributed by atoms with van der Waals surface area (Å²) in [6.45, 7) is 0. The van der Waals surface area contributed by atoms with Crippen molar-refractivity contribution in [3.8, 4) is 0 Å². The highest BCUT2D eigenvalue weighted by Crippen LogP contribution is 2.19. The molecule has 0 atom stereocenters. The Morgan fingerprint density at radius 2 is 0.860 bits per heavy atom. The highest BCUT2D eigenvalue weighted by Gasteiger charge is 2.13. The standard InChI is InChI=1S/C35H27N5O3/c1-39-19-3-5-25-21-27(11-17-31(25)39)35(43)37-29-14-12-28(13-15-29)36-33(41)23-7-9-24(10-8-23)34(42)38-30-16-18-32-26(22-30)6-4-20-40(32)2/h3-22H,1-2H3,(H-2,36,37,38,41,42,43)/p+2. The summed E-state index contributed by atoms with van der Waals surface area (Å²) >= 11 is 0. The molecule has 210 valence electrons. The van der Waals surface area contributed by atoms with Gasteiger partial charge in [-0.2, -0.15) is 0 Å². The highest BCUT2D eigenvalue weighted by molar-refractivity contribution is 6.08. The minimum Gasteiger partial charge on any atom is -0.322 e. The van der Waals surface area contributed by atoms with E-state index < -0.39 is 0 Å². The van der Waals surface area contributed by atoms with Crippen LogP contribution in [0.15, 0.2) is 122 Å². The Labute approximate surface area is 248 Å². The number of nitrogens with one attached hydrogen (secondary N) is 3. The quantitative estimate of drug-likeness (QED) is 0.235. The Morgan fingerprint density at radius 1 is 0.465 bits per heavy atom. The number of carbonyl (C=O) groups excluding carboxylic acids is 3.